The maximum absolute atomic E-state index is 12.8. The van der Waals surface area contributed by atoms with Gasteiger partial charge in [0, 0.05) is 15.7 Å². The van der Waals surface area contributed by atoms with E-state index in [1.165, 1.54) is 30.5 Å². The minimum absolute atomic E-state index is 0.297. The van der Waals surface area contributed by atoms with E-state index in [1.807, 2.05) is 0 Å². The minimum Gasteiger partial charge on any atom is -0.490 e. The summed E-state index contributed by atoms with van der Waals surface area (Å²) in [6.45, 7) is 3.93. The molecule has 6 nitrogen and oxygen atoms in total. The highest BCUT2D eigenvalue weighted by atomic mass is 79.9. The van der Waals surface area contributed by atoms with Gasteiger partial charge in [-0.15, -0.1) is 0 Å². The Hall–Kier alpha value is -3.00. The van der Waals surface area contributed by atoms with Gasteiger partial charge in [0.1, 0.15) is 18.2 Å². The molecule has 0 bridgehead atoms. The maximum atomic E-state index is 12.8. The lowest BCUT2D eigenvalue weighted by molar-refractivity contribution is -0.136. The number of hydrogen-bond donors (Lipinski definition) is 2. The Labute approximate surface area is 157 Å². The van der Waals surface area contributed by atoms with Crippen LogP contribution in [0.15, 0.2) is 64.7 Å². The van der Waals surface area contributed by atoms with Crippen molar-refractivity contribution >= 4 is 39.6 Å². The number of hydrogen-bond acceptors (Lipinski definition) is 4. The molecule has 2 aromatic carbocycles. The first kappa shape index (κ1) is 19.3. The summed E-state index contributed by atoms with van der Waals surface area (Å²) >= 11 is 3.36. The number of nitrogens with one attached hydrogen (secondary N) is 2. The average molecular weight is 420 g/mol. The molecule has 2 aromatic rings. The minimum atomic E-state index is -0.958. The van der Waals surface area contributed by atoms with Crippen LogP contribution in [-0.4, -0.2) is 24.6 Å². The molecule has 0 spiro atoms. The lowest BCUT2D eigenvalue weighted by Crippen LogP contribution is -2.32. The van der Waals surface area contributed by atoms with E-state index >= 15 is 0 Å². The van der Waals surface area contributed by atoms with Gasteiger partial charge in [-0.1, -0.05) is 28.6 Å². The lowest BCUT2D eigenvalue weighted by Gasteiger charge is -2.06. The summed E-state index contributed by atoms with van der Waals surface area (Å²) in [5.74, 6) is -1.71. The van der Waals surface area contributed by atoms with Crippen molar-refractivity contribution in [1.82, 2.24) is 5.43 Å². The molecule has 0 aromatic heterocycles. The van der Waals surface area contributed by atoms with E-state index in [9.17, 15) is 14.0 Å². The number of hydrazone groups is 1. The topological polar surface area (TPSA) is 79.8 Å². The number of anilines is 1. The van der Waals surface area contributed by atoms with Gasteiger partial charge in [-0.25, -0.2) is 9.82 Å². The molecule has 8 heteroatoms. The van der Waals surface area contributed by atoms with Crippen LogP contribution in [0.2, 0.25) is 0 Å². The molecule has 0 aliphatic carbocycles. The molecule has 2 amide bonds. The molecule has 0 heterocycles. The van der Waals surface area contributed by atoms with Gasteiger partial charge in [-0.05, 0) is 42.5 Å². The smallest absolute Gasteiger partial charge is 0.329 e. The van der Waals surface area contributed by atoms with Gasteiger partial charge in [-0.3, -0.25) is 9.59 Å². The first-order valence-electron chi connectivity index (χ1n) is 7.43. The molecule has 0 aliphatic rings. The lowest BCUT2D eigenvalue weighted by atomic mass is 10.2. The van der Waals surface area contributed by atoms with Crippen molar-refractivity contribution in [3.05, 3.63) is 71.0 Å². The summed E-state index contributed by atoms with van der Waals surface area (Å²) in [6.07, 6.45) is 2.99. The zero-order valence-corrected chi connectivity index (χ0v) is 15.1. The summed E-state index contributed by atoms with van der Waals surface area (Å²) in [5.41, 5.74) is 3.06. The van der Waals surface area contributed by atoms with Crippen molar-refractivity contribution in [1.29, 1.82) is 0 Å². The van der Waals surface area contributed by atoms with E-state index in [4.69, 9.17) is 4.74 Å². The predicted octanol–water partition coefficient (Wildman–Crippen LogP) is 3.24. The second kappa shape index (κ2) is 9.47. The number of carbonyl (C=O) groups excluding carboxylic acids is 2. The van der Waals surface area contributed by atoms with Gasteiger partial charge in [0.15, 0.2) is 0 Å². The molecular weight excluding hydrogens is 405 g/mol. The molecule has 0 saturated heterocycles. The number of carbonyl (C=O) groups is 2. The Bertz CT molecular complexity index is 838. The zero-order valence-electron chi connectivity index (χ0n) is 13.5. The molecular formula is C18H15BrFN3O3. The van der Waals surface area contributed by atoms with E-state index in [2.05, 4.69) is 38.4 Å². The first-order chi connectivity index (χ1) is 12.5. The van der Waals surface area contributed by atoms with E-state index < -0.39 is 17.6 Å². The van der Waals surface area contributed by atoms with Crippen molar-refractivity contribution < 1.29 is 18.7 Å². The Morgan fingerprint density at radius 2 is 1.92 bits per heavy atom. The summed E-state index contributed by atoms with van der Waals surface area (Å²) < 4.78 is 19.0. The normalized spacial score (nSPS) is 10.4. The average Bonchev–Trinajstić information content (AvgIpc) is 2.63. The third kappa shape index (κ3) is 5.82. The summed E-state index contributed by atoms with van der Waals surface area (Å²) in [7, 11) is 0. The molecule has 0 fully saturated rings. The van der Waals surface area contributed by atoms with Crippen LogP contribution in [0.5, 0.6) is 5.75 Å². The van der Waals surface area contributed by atoms with Crippen LogP contribution < -0.4 is 15.5 Å². The first-order valence-corrected chi connectivity index (χ1v) is 8.22. The second-order valence-electron chi connectivity index (χ2n) is 4.94. The quantitative estimate of drug-likeness (QED) is 0.326. The van der Waals surface area contributed by atoms with Crippen molar-refractivity contribution in [2.45, 2.75) is 0 Å². The number of halogens is 2. The van der Waals surface area contributed by atoms with Crippen molar-refractivity contribution in [2.24, 2.45) is 5.10 Å². The molecule has 26 heavy (non-hydrogen) atoms. The van der Waals surface area contributed by atoms with Gasteiger partial charge in [0.25, 0.3) is 0 Å². The van der Waals surface area contributed by atoms with Crippen molar-refractivity contribution in [3.8, 4) is 5.75 Å². The zero-order chi connectivity index (χ0) is 18.9. The molecule has 0 atom stereocenters. The Balaban J connectivity index is 1.94. The molecule has 0 aliphatic heterocycles. The van der Waals surface area contributed by atoms with Gasteiger partial charge in [-0.2, -0.15) is 5.10 Å². The fourth-order valence-corrected chi connectivity index (χ4v) is 2.15. The third-order valence-electron chi connectivity index (χ3n) is 3.01. The number of rotatable bonds is 6. The molecule has 0 radical (unpaired) electrons. The highest BCUT2D eigenvalue weighted by molar-refractivity contribution is 9.10. The van der Waals surface area contributed by atoms with Gasteiger partial charge < -0.3 is 10.1 Å². The largest absolute Gasteiger partial charge is 0.490 e. The van der Waals surface area contributed by atoms with Crippen LogP contribution in [-0.2, 0) is 9.59 Å². The van der Waals surface area contributed by atoms with Crippen LogP contribution >= 0.6 is 15.9 Å². The van der Waals surface area contributed by atoms with Crippen molar-refractivity contribution in [3.63, 3.8) is 0 Å². The monoisotopic (exact) mass is 419 g/mol. The van der Waals surface area contributed by atoms with E-state index in [0.29, 0.717) is 23.6 Å². The second-order valence-corrected chi connectivity index (χ2v) is 5.80. The molecule has 2 rings (SSSR count). The van der Waals surface area contributed by atoms with Crippen molar-refractivity contribution in [2.75, 3.05) is 11.9 Å². The van der Waals surface area contributed by atoms with Gasteiger partial charge in [0.05, 0.1) is 6.21 Å². The van der Waals surface area contributed by atoms with Crippen LogP contribution in [0.4, 0.5) is 10.1 Å². The number of benzene rings is 2. The van der Waals surface area contributed by atoms with Gasteiger partial charge >= 0.3 is 11.8 Å². The Kier molecular flexibility index (Phi) is 7.04. The predicted molar refractivity (Wildman–Crippen MR) is 101 cm³/mol. The molecule has 134 valence electrons. The Morgan fingerprint density at radius 3 is 2.62 bits per heavy atom. The Morgan fingerprint density at radius 1 is 1.19 bits per heavy atom. The SMILES string of the molecule is C=CCOc1ccc(Br)c(/C=N/NC(=O)C(=O)Nc2ccc(F)cc2)c1. The number of amides is 2. The number of ether oxygens (including phenoxy) is 1. The summed E-state index contributed by atoms with van der Waals surface area (Å²) in [6, 6.07) is 10.3. The van der Waals surface area contributed by atoms with Crippen LogP contribution in [0.1, 0.15) is 5.56 Å². The fourth-order valence-electron chi connectivity index (χ4n) is 1.80. The number of nitrogens with zero attached hydrogens (tertiary/aromatic N) is 1. The highest BCUT2D eigenvalue weighted by Gasteiger charge is 2.12. The van der Waals surface area contributed by atoms with Crippen LogP contribution in [0.25, 0.3) is 0 Å². The third-order valence-corrected chi connectivity index (χ3v) is 3.74. The van der Waals surface area contributed by atoms with Crippen LogP contribution in [0.3, 0.4) is 0 Å². The van der Waals surface area contributed by atoms with E-state index in [-0.39, 0.29) is 0 Å². The van der Waals surface area contributed by atoms with E-state index in [1.54, 1.807) is 24.3 Å². The molecule has 2 N–H and O–H groups in total. The molecule has 0 unspecified atom stereocenters. The maximum Gasteiger partial charge on any atom is 0.329 e. The molecule has 0 saturated carbocycles. The standard InChI is InChI=1S/C18H15BrFN3O3/c1-2-9-26-15-7-8-16(19)12(10-15)11-21-23-18(25)17(24)22-14-5-3-13(20)4-6-14/h2-8,10-11H,1,9H2,(H,22,24)(H,23,25)/b21-11+. The van der Waals surface area contributed by atoms with Crippen LogP contribution in [0, 0.1) is 5.82 Å². The van der Waals surface area contributed by atoms with Gasteiger partial charge in [0.2, 0.25) is 0 Å². The van der Waals surface area contributed by atoms with E-state index in [0.717, 1.165) is 4.47 Å². The summed E-state index contributed by atoms with van der Waals surface area (Å²) in [4.78, 5) is 23.5. The highest BCUT2D eigenvalue weighted by Crippen LogP contribution is 2.21. The fraction of sp³-hybridized carbons (Fsp3) is 0.0556. The summed E-state index contributed by atoms with van der Waals surface area (Å²) in [5, 5.41) is 6.08.